The Kier molecular flexibility index (Phi) is 5.91. The van der Waals surface area contributed by atoms with Crippen LogP contribution >= 0.6 is 11.6 Å². The maximum absolute atomic E-state index is 12.7. The van der Waals surface area contributed by atoms with Gasteiger partial charge in [-0.3, -0.25) is 9.10 Å². The fourth-order valence-corrected chi connectivity index (χ4v) is 4.55. The second-order valence-electron chi connectivity index (χ2n) is 6.57. The molecule has 0 aromatic heterocycles. The zero-order chi connectivity index (χ0) is 20.3. The van der Waals surface area contributed by atoms with E-state index < -0.39 is 22.0 Å². The molecule has 146 valence electrons. The van der Waals surface area contributed by atoms with Crippen LogP contribution in [0, 0.1) is 0 Å². The fourth-order valence-electron chi connectivity index (χ4n) is 3.20. The maximum atomic E-state index is 12.7. The number of carbonyl (C=O) groups excluding carboxylic acids is 1. The molecule has 3 aromatic rings. The van der Waals surface area contributed by atoms with E-state index in [-0.39, 0.29) is 0 Å². The molecule has 0 aliphatic rings. The number of benzene rings is 3. The van der Waals surface area contributed by atoms with Crippen LogP contribution in [0.2, 0.25) is 5.02 Å². The van der Waals surface area contributed by atoms with Gasteiger partial charge in [0.25, 0.3) is 0 Å². The first-order valence-corrected chi connectivity index (χ1v) is 11.0. The summed E-state index contributed by atoms with van der Waals surface area (Å²) in [7, 11) is -3.68. The van der Waals surface area contributed by atoms with Crippen LogP contribution in [0.4, 0.5) is 5.69 Å². The number of nitrogens with zero attached hydrogens (tertiary/aromatic N) is 1. The summed E-state index contributed by atoms with van der Waals surface area (Å²) in [5, 5.41) is 5.38. The van der Waals surface area contributed by atoms with Crippen molar-refractivity contribution in [3.05, 3.63) is 77.3 Å². The van der Waals surface area contributed by atoms with Crippen LogP contribution < -0.4 is 9.62 Å². The van der Waals surface area contributed by atoms with Crippen LogP contribution in [-0.2, 0) is 21.4 Å². The molecule has 3 rings (SSSR count). The van der Waals surface area contributed by atoms with E-state index in [2.05, 4.69) is 5.32 Å². The van der Waals surface area contributed by atoms with Gasteiger partial charge in [-0.1, -0.05) is 60.1 Å². The van der Waals surface area contributed by atoms with E-state index in [0.717, 1.165) is 26.9 Å². The summed E-state index contributed by atoms with van der Waals surface area (Å²) in [6.45, 7) is 1.86. The minimum Gasteiger partial charge on any atom is -0.350 e. The molecule has 7 heteroatoms. The van der Waals surface area contributed by atoms with E-state index in [9.17, 15) is 13.2 Å². The number of carbonyl (C=O) groups is 1. The van der Waals surface area contributed by atoms with Crippen LogP contribution in [0.3, 0.4) is 0 Å². The van der Waals surface area contributed by atoms with Crippen LogP contribution in [-0.4, -0.2) is 26.6 Å². The molecule has 0 aliphatic heterocycles. The number of anilines is 1. The Balaban J connectivity index is 1.82. The zero-order valence-corrected chi connectivity index (χ0v) is 17.2. The number of fused-ring (bicyclic) bond motifs is 1. The van der Waals surface area contributed by atoms with Crippen molar-refractivity contribution in [2.75, 3.05) is 10.6 Å². The van der Waals surface area contributed by atoms with Crippen LogP contribution in [0.1, 0.15) is 12.5 Å². The van der Waals surface area contributed by atoms with Crippen molar-refractivity contribution in [1.29, 1.82) is 0 Å². The third-order valence-electron chi connectivity index (χ3n) is 4.48. The lowest BCUT2D eigenvalue weighted by Gasteiger charge is -2.28. The predicted octanol–water partition coefficient (Wildman–Crippen LogP) is 3.96. The Bertz CT molecular complexity index is 1110. The second kappa shape index (κ2) is 8.20. The van der Waals surface area contributed by atoms with E-state index in [4.69, 9.17) is 11.6 Å². The van der Waals surface area contributed by atoms with Crippen molar-refractivity contribution in [2.24, 2.45) is 0 Å². The van der Waals surface area contributed by atoms with Gasteiger partial charge >= 0.3 is 0 Å². The monoisotopic (exact) mass is 416 g/mol. The van der Waals surface area contributed by atoms with E-state index in [1.807, 2.05) is 42.5 Å². The number of sulfonamides is 1. The van der Waals surface area contributed by atoms with E-state index in [1.54, 1.807) is 25.1 Å². The van der Waals surface area contributed by atoms with Crippen molar-refractivity contribution < 1.29 is 13.2 Å². The normalized spacial score (nSPS) is 12.5. The summed E-state index contributed by atoms with van der Waals surface area (Å²) >= 11 is 6.00. The van der Waals surface area contributed by atoms with Crippen LogP contribution in [0.5, 0.6) is 0 Å². The van der Waals surface area contributed by atoms with Gasteiger partial charge in [-0.25, -0.2) is 8.42 Å². The van der Waals surface area contributed by atoms with Crippen molar-refractivity contribution in [3.8, 4) is 0 Å². The molecule has 5 nitrogen and oxygen atoms in total. The first-order valence-electron chi connectivity index (χ1n) is 8.76. The number of hydrogen-bond donors (Lipinski definition) is 1. The first-order chi connectivity index (χ1) is 13.3. The Morgan fingerprint density at radius 3 is 2.46 bits per heavy atom. The molecule has 1 unspecified atom stereocenters. The van der Waals surface area contributed by atoms with Crippen molar-refractivity contribution in [3.63, 3.8) is 0 Å². The smallest absolute Gasteiger partial charge is 0.243 e. The van der Waals surface area contributed by atoms with Gasteiger partial charge in [-0.05, 0) is 41.5 Å². The Hall–Kier alpha value is -2.57. The molecular weight excluding hydrogens is 396 g/mol. The van der Waals surface area contributed by atoms with Crippen molar-refractivity contribution >= 4 is 44.0 Å². The fraction of sp³-hybridized carbons (Fsp3) is 0.190. The van der Waals surface area contributed by atoms with Gasteiger partial charge in [0.1, 0.15) is 6.04 Å². The number of amides is 1. The van der Waals surface area contributed by atoms with E-state index in [0.29, 0.717) is 17.3 Å². The van der Waals surface area contributed by atoms with Gasteiger partial charge in [-0.2, -0.15) is 0 Å². The summed E-state index contributed by atoms with van der Waals surface area (Å²) in [5.74, 6) is -0.390. The number of nitrogens with one attached hydrogen (secondary N) is 1. The summed E-state index contributed by atoms with van der Waals surface area (Å²) < 4.78 is 25.8. The largest absolute Gasteiger partial charge is 0.350 e. The Morgan fingerprint density at radius 2 is 1.75 bits per heavy atom. The molecule has 0 spiro atoms. The average molecular weight is 417 g/mol. The highest BCUT2D eigenvalue weighted by Crippen LogP contribution is 2.24. The zero-order valence-electron chi connectivity index (χ0n) is 15.6. The molecule has 1 amide bonds. The summed E-state index contributed by atoms with van der Waals surface area (Å²) in [6, 6.07) is 19.3. The van der Waals surface area contributed by atoms with E-state index in [1.165, 1.54) is 6.07 Å². The molecule has 1 N–H and O–H groups in total. The molecule has 0 heterocycles. The third-order valence-corrected chi connectivity index (χ3v) is 5.96. The lowest BCUT2D eigenvalue weighted by molar-refractivity contribution is -0.122. The predicted molar refractivity (Wildman–Crippen MR) is 114 cm³/mol. The van der Waals surface area contributed by atoms with E-state index >= 15 is 0 Å². The highest BCUT2D eigenvalue weighted by atomic mass is 35.5. The minimum atomic E-state index is -3.68. The number of hydrogen-bond acceptors (Lipinski definition) is 3. The van der Waals surface area contributed by atoms with Gasteiger partial charge in [0.15, 0.2) is 0 Å². The summed E-state index contributed by atoms with van der Waals surface area (Å²) in [4.78, 5) is 12.7. The molecule has 0 aliphatic carbocycles. The molecule has 0 saturated heterocycles. The van der Waals surface area contributed by atoms with Crippen LogP contribution in [0.25, 0.3) is 10.8 Å². The summed E-state index contributed by atoms with van der Waals surface area (Å²) in [5.41, 5.74) is 1.31. The number of halogens is 1. The molecular formula is C21H21ClN2O3S. The SMILES string of the molecule is CC(C(=O)NCc1cccc2ccccc12)N(c1cccc(Cl)c1)S(C)(=O)=O. The molecule has 28 heavy (non-hydrogen) atoms. The van der Waals surface area contributed by atoms with Crippen molar-refractivity contribution in [2.45, 2.75) is 19.5 Å². The van der Waals surface area contributed by atoms with Gasteiger partial charge < -0.3 is 5.32 Å². The van der Waals surface area contributed by atoms with Gasteiger partial charge in [0, 0.05) is 11.6 Å². The third kappa shape index (κ3) is 4.46. The quantitative estimate of drug-likeness (QED) is 0.661. The summed E-state index contributed by atoms with van der Waals surface area (Å²) in [6.07, 6.45) is 1.07. The highest BCUT2D eigenvalue weighted by Gasteiger charge is 2.29. The molecule has 0 bridgehead atoms. The standard InChI is InChI=1S/C21H21ClN2O3S/c1-15(24(28(2,26)27)19-11-6-10-18(22)13-19)21(25)23-14-17-9-5-8-16-7-3-4-12-20(16)17/h3-13,15H,14H2,1-2H3,(H,23,25). The molecule has 3 aromatic carbocycles. The molecule has 1 atom stereocenters. The maximum Gasteiger partial charge on any atom is 0.243 e. The molecule has 0 radical (unpaired) electrons. The second-order valence-corrected chi connectivity index (χ2v) is 8.87. The number of rotatable bonds is 6. The van der Waals surface area contributed by atoms with Crippen molar-refractivity contribution in [1.82, 2.24) is 5.32 Å². The Labute approximate surface area is 170 Å². The van der Waals surface area contributed by atoms with Crippen LogP contribution in [0.15, 0.2) is 66.7 Å². The van der Waals surface area contributed by atoms with Gasteiger partial charge in [-0.15, -0.1) is 0 Å². The topological polar surface area (TPSA) is 66.5 Å². The molecule has 0 saturated carbocycles. The highest BCUT2D eigenvalue weighted by molar-refractivity contribution is 7.92. The van der Waals surface area contributed by atoms with Gasteiger partial charge in [0.05, 0.1) is 11.9 Å². The lowest BCUT2D eigenvalue weighted by Crippen LogP contribution is -2.47. The molecule has 0 fully saturated rings. The average Bonchev–Trinajstić information content (AvgIpc) is 2.65. The van der Waals surface area contributed by atoms with Gasteiger partial charge in [0.2, 0.25) is 15.9 Å². The first kappa shape index (κ1) is 20.2. The lowest BCUT2D eigenvalue weighted by atomic mass is 10.0. The minimum absolute atomic E-state index is 0.303. The Morgan fingerprint density at radius 1 is 1.07 bits per heavy atom.